The Morgan fingerprint density at radius 2 is 1.55 bits per heavy atom. The lowest BCUT2D eigenvalue weighted by Gasteiger charge is -2.07. The molecule has 29 heavy (non-hydrogen) atoms. The van der Waals surface area contributed by atoms with Gasteiger partial charge in [0.25, 0.3) is 0 Å². The molecule has 4 aromatic rings. The van der Waals surface area contributed by atoms with E-state index < -0.39 is 0 Å². The van der Waals surface area contributed by atoms with Gasteiger partial charge in [-0.05, 0) is 35.8 Å². The molecule has 0 spiro atoms. The minimum Gasteiger partial charge on any atom is -0.220 e. The lowest BCUT2D eigenvalue weighted by molar-refractivity contribution is 0.920. The van der Waals surface area contributed by atoms with Gasteiger partial charge >= 0.3 is 0 Å². The fraction of sp³-hybridized carbons (Fsp3) is 0.0400. The molecule has 1 aromatic heterocycles. The molecule has 0 saturated carbocycles. The normalized spacial score (nSPS) is 11.4. The number of benzene rings is 3. The fourth-order valence-corrected chi connectivity index (χ4v) is 3.29. The zero-order valence-corrected chi connectivity index (χ0v) is 16.8. The number of hydrogen-bond acceptors (Lipinski definition) is 2. The summed E-state index contributed by atoms with van der Waals surface area (Å²) < 4.78 is 1.80. The minimum atomic E-state index is 0.608. The predicted molar refractivity (Wildman–Crippen MR) is 121 cm³/mol. The monoisotopic (exact) mass is 397 g/mol. The third-order valence-electron chi connectivity index (χ3n) is 4.65. The molecule has 0 aliphatic carbocycles. The average molecular weight is 398 g/mol. The molecular formula is C25H20ClN3. The molecule has 4 rings (SSSR count). The molecule has 142 valence electrons. The first-order chi connectivity index (χ1) is 14.1. The van der Waals surface area contributed by atoms with E-state index in [1.165, 1.54) is 0 Å². The number of halogens is 1. The van der Waals surface area contributed by atoms with E-state index >= 15 is 0 Å². The summed E-state index contributed by atoms with van der Waals surface area (Å²) in [6.07, 6.45) is 1.99. The van der Waals surface area contributed by atoms with Gasteiger partial charge in [-0.3, -0.25) is 0 Å². The van der Waals surface area contributed by atoms with Crippen molar-refractivity contribution in [2.45, 2.75) is 6.92 Å². The number of hydrogen-bond donors (Lipinski definition) is 0. The van der Waals surface area contributed by atoms with Crippen LogP contribution in [0.1, 0.15) is 23.9 Å². The van der Waals surface area contributed by atoms with Gasteiger partial charge < -0.3 is 0 Å². The van der Waals surface area contributed by atoms with E-state index in [0.29, 0.717) is 16.7 Å². The van der Waals surface area contributed by atoms with Crippen LogP contribution in [0.25, 0.3) is 28.7 Å². The van der Waals surface area contributed by atoms with E-state index in [1.807, 2.05) is 79.0 Å². The molecule has 3 aromatic carbocycles. The van der Waals surface area contributed by atoms with Crippen LogP contribution >= 0.6 is 11.6 Å². The summed E-state index contributed by atoms with van der Waals surface area (Å²) in [6, 6.07) is 27.8. The summed E-state index contributed by atoms with van der Waals surface area (Å²) in [5.74, 6) is 1.30. The molecule has 0 radical (unpaired) electrons. The van der Waals surface area contributed by atoms with E-state index in [4.69, 9.17) is 21.7 Å². The SMILES string of the molecule is C=C(c1ccccc1)c1nc(-c2cccc(Cl)c2)nn1/C=C(\C)c1ccccc1. The van der Waals surface area contributed by atoms with E-state index in [1.54, 1.807) is 4.68 Å². The van der Waals surface area contributed by atoms with Crippen LogP contribution in [0.4, 0.5) is 0 Å². The summed E-state index contributed by atoms with van der Waals surface area (Å²) in [5, 5.41) is 5.39. The van der Waals surface area contributed by atoms with Gasteiger partial charge in [0.05, 0.1) is 0 Å². The van der Waals surface area contributed by atoms with Gasteiger partial charge in [-0.2, -0.15) is 0 Å². The highest BCUT2D eigenvalue weighted by Gasteiger charge is 2.15. The summed E-state index contributed by atoms with van der Waals surface area (Å²) >= 11 is 6.17. The summed E-state index contributed by atoms with van der Waals surface area (Å²) in [4.78, 5) is 4.79. The van der Waals surface area contributed by atoms with E-state index in [9.17, 15) is 0 Å². The van der Waals surface area contributed by atoms with Gasteiger partial charge in [0, 0.05) is 22.4 Å². The van der Waals surface area contributed by atoms with Crippen LogP contribution in [-0.4, -0.2) is 14.8 Å². The van der Waals surface area contributed by atoms with Crippen LogP contribution in [0.2, 0.25) is 5.02 Å². The van der Waals surface area contributed by atoms with Gasteiger partial charge in [-0.1, -0.05) is 91.0 Å². The Kier molecular flexibility index (Phi) is 5.41. The highest BCUT2D eigenvalue weighted by Crippen LogP contribution is 2.26. The number of allylic oxidation sites excluding steroid dienone is 1. The van der Waals surface area contributed by atoms with E-state index in [-0.39, 0.29) is 0 Å². The number of nitrogens with zero attached hydrogens (tertiary/aromatic N) is 3. The van der Waals surface area contributed by atoms with Crippen molar-refractivity contribution in [1.29, 1.82) is 0 Å². The average Bonchev–Trinajstić information content (AvgIpc) is 3.18. The standard InChI is InChI=1S/C25H20ClN3/c1-18(20-10-5-3-6-11-20)17-29-25(19(2)21-12-7-4-8-13-21)27-24(28-29)22-14-9-15-23(26)16-22/h3-17H,2H2,1H3/b18-17+. The van der Waals surface area contributed by atoms with Gasteiger partial charge in [-0.25, -0.2) is 9.67 Å². The van der Waals surface area contributed by atoms with Crippen LogP contribution in [0.15, 0.2) is 91.5 Å². The third kappa shape index (κ3) is 4.20. The molecule has 3 nitrogen and oxygen atoms in total. The minimum absolute atomic E-state index is 0.608. The second-order valence-corrected chi connectivity index (χ2v) is 7.17. The molecular weight excluding hydrogens is 378 g/mol. The van der Waals surface area contributed by atoms with Crippen molar-refractivity contribution in [3.8, 4) is 11.4 Å². The van der Waals surface area contributed by atoms with Crippen molar-refractivity contribution < 1.29 is 0 Å². The highest BCUT2D eigenvalue weighted by molar-refractivity contribution is 6.30. The molecule has 0 fully saturated rings. The molecule has 0 aliphatic rings. The molecule has 0 atom stereocenters. The first-order valence-electron chi connectivity index (χ1n) is 9.33. The van der Waals surface area contributed by atoms with Crippen molar-refractivity contribution in [2.24, 2.45) is 0 Å². The third-order valence-corrected chi connectivity index (χ3v) is 4.89. The van der Waals surface area contributed by atoms with Crippen LogP contribution in [0.5, 0.6) is 0 Å². The van der Waals surface area contributed by atoms with Crippen LogP contribution in [-0.2, 0) is 0 Å². The van der Waals surface area contributed by atoms with Crippen molar-refractivity contribution in [1.82, 2.24) is 14.8 Å². The summed E-state index contributed by atoms with van der Waals surface area (Å²) in [5.41, 5.74) is 4.89. The number of rotatable bonds is 5. The number of aromatic nitrogens is 3. The Balaban J connectivity index is 1.83. The Bertz CT molecular complexity index is 1180. The quantitative estimate of drug-likeness (QED) is 0.376. The molecule has 1 heterocycles. The van der Waals surface area contributed by atoms with Crippen molar-refractivity contribution in [2.75, 3.05) is 0 Å². The van der Waals surface area contributed by atoms with Crippen molar-refractivity contribution >= 4 is 28.9 Å². The smallest absolute Gasteiger partial charge is 0.182 e. The molecule has 0 bridgehead atoms. The van der Waals surface area contributed by atoms with Gasteiger partial charge in [0.15, 0.2) is 11.6 Å². The Morgan fingerprint density at radius 3 is 2.21 bits per heavy atom. The zero-order chi connectivity index (χ0) is 20.2. The molecule has 4 heteroatoms. The molecule has 0 amide bonds. The van der Waals surface area contributed by atoms with Crippen molar-refractivity contribution in [3.63, 3.8) is 0 Å². The van der Waals surface area contributed by atoms with Crippen LogP contribution in [0.3, 0.4) is 0 Å². The van der Waals surface area contributed by atoms with Gasteiger partial charge in [0.1, 0.15) is 0 Å². The lowest BCUT2D eigenvalue weighted by Crippen LogP contribution is -1.99. The lowest BCUT2D eigenvalue weighted by atomic mass is 10.1. The molecule has 0 aliphatic heterocycles. The maximum Gasteiger partial charge on any atom is 0.182 e. The topological polar surface area (TPSA) is 30.7 Å². The predicted octanol–water partition coefficient (Wildman–Crippen LogP) is 6.68. The van der Waals surface area contributed by atoms with Gasteiger partial charge in [0.2, 0.25) is 0 Å². The molecule has 0 unspecified atom stereocenters. The fourth-order valence-electron chi connectivity index (χ4n) is 3.10. The van der Waals surface area contributed by atoms with E-state index in [2.05, 4.69) is 25.6 Å². The van der Waals surface area contributed by atoms with Gasteiger partial charge in [-0.15, -0.1) is 5.10 Å². The highest BCUT2D eigenvalue weighted by atomic mass is 35.5. The molecule has 0 N–H and O–H groups in total. The first-order valence-corrected chi connectivity index (χ1v) is 9.70. The van der Waals surface area contributed by atoms with E-state index in [0.717, 1.165) is 27.8 Å². The first kappa shape index (κ1) is 18.9. The zero-order valence-electron chi connectivity index (χ0n) is 16.1. The largest absolute Gasteiger partial charge is 0.220 e. The summed E-state index contributed by atoms with van der Waals surface area (Å²) in [6.45, 7) is 6.34. The summed E-state index contributed by atoms with van der Waals surface area (Å²) in [7, 11) is 0. The second kappa shape index (κ2) is 8.29. The Morgan fingerprint density at radius 1 is 0.897 bits per heavy atom. The Labute approximate surface area is 175 Å². The van der Waals surface area contributed by atoms with Crippen LogP contribution in [0, 0.1) is 0 Å². The maximum absolute atomic E-state index is 6.17. The van der Waals surface area contributed by atoms with Crippen molar-refractivity contribution in [3.05, 3.63) is 113 Å². The maximum atomic E-state index is 6.17. The van der Waals surface area contributed by atoms with Crippen LogP contribution < -0.4 is 0 Å². The molecule has 0 saturated heterocycles. The Hall–Kier alpha value is -3.43. The second-order valence-electron chi connectivity index (χ2n) is 6.74.